The normalized spacial score (nSPS) is 17.4. The van der Waals surface area contributed by atoms with Crippen LogP contribution in [-0.4, -0.2) is 6.54 Å². The molecule has 1 aromatic carbocycles. The van der Waals surface area contributed by atoms with Gasteiger partial charge in [0.05, 0.1) is 0 Å². The highest BCUT2D eigenvalue weighted by atomic mass is 14.9. The minimum Gasteiger partial charge on any atom is -0.310 e. The number of aryl methyl sites for hydroxylation is 1. The van der Waals surface area contributed by atoms with Gasteiger partial charge in [-0.1, -0.05) is 63.8 Å². The molecule has 0 radical (unpaired) electrons. The molecule has 0 heterocycles. The van der Waals surface area contributed by atoms with Crippen LogP contribution in [0, 0.1) is 5.92 Å². The SMILES string of the molecule is CCCc1cccc(C(CC2CCC2)NCC)c1. The van der Waals surface area contributed by atoms with Crippen molar-refractivity contribution in [3.05, 3.63) is 35.4 Å². The highest BCUT2D eigenvalue weighted by Crippen LogP contribution is 2.34. The highest BCUT2D eigenvalue weighted by molar-refractivity contribution is 5.26. The maximum atomic E-state index is 3.67. The Morgan fingerprint density at radius 2 is 2.11 bits per heavy atom. The molecule has 0 spiro atoms. The first-order valence-electron chi connectivity index (χ1n) is 7.65. The van der Waals surface area contributed by atoms with E-state index in [1.54, 1.807) is 0 Å². The predicted molar refractivity (Wildman–Crippen MR) is 78.8 cm³/mol. The van der Waals surface area contributed by atoms with Crippen molar-refractivity contribution in [2.75, 3.05) is 6.54 Å². The van der Waals surface area contributed by atoms with E-state index in [0.717, 1.165) is 12.5 Å². The summed E-state index contributed by atoms with van der Waals surface area (Å²) in [6.07, 6.45) is 8.09. The Labute approximate surface area is 112 Å². The van der Waals surface area contributed by atoms with Crippen LogP contribution in [-0.2, 0) is 6.42 Å². The summed E-state index contributed by atoms with van der Waals surface area (Å²) in [6.45, 7) is 5.53. The van der Waals surface area contributed by atoms with E-state index in [4.69, 9.17) is 0 Å². The summed E-state index contributed by atoms with van der Waals surface area (Å²) in [5.41, 5.74) is 2.99. The van der Waals surface area contributed by atoms with E-state index in [1.807, 2.05) is 0 Å². The van der Waals surface area contributed by atoms with E-state index in [9.17, 15) is 0 Å². The lowest BCUT2D eigenvalue weighted by Gasteiger charge is -2.30. The number of rotatable bonds is 7. The van der Waals surface area contributed by atoms with E-state index in [2.05, 4.69) is 43.4 Å². The number of hydrogen-bond acceptors (Lipinski definition) is 1. The summed E-state index contributed by atoms with van der Waals surface area (Å²) >= 11 is 0. The van der Waals surface area contributed by atoms with Crippen LogP contribution in [0.4, 0.5) is 0 Å². The molecule has 0 bridgehead atoms. The van der Waals surface area contributed by atoms with Gasteiger partial charge in [0.15, 0.2) is 0 Å². The van der Waals surface area contributed by atoms with Gasteiger partial charge in [-0.2, -0.15) is 0 Å². The summed E-state index contributed by atoms with van der Waals surface area (Å²) in [7, 11) is 0. The zero-order chi connectivity index (χ0) is 12.8. The Kier molecular flexibility index (Phi) is 5.25. The molecule has 1 unspecified atom stereocenters. The van der Waals surface area contributed by atoms with Gasteiger partial charge in [-0.25, -0.2) is 0 Å². The van der Waals surface area contributed by atoms with Crippen molar-refractivity contribution in [1.82, 2.24) is 5.32 Å². The lowest BCUT2D eigenvalue weighted by molar-refractivity contribution is 0.262. The largest absolute Gasteiger partial charge is 0.310 e. The average molecular weight is 245 g/mol. The molecule has 0 saturated heterocycles. The van der Waals surface area contributed by atoms with Crippen molar-refractivity contribution in [3.8, 4) is 0 Å². The Balaban J connectivity index is 2.05. The lowest BCUT2D eigenvalue weighted by Crippen LogP contribution is -2.26. The molecule has 2 rings (SSSR count). The molecule has 1 fully saturated rings. The van der Waals surface area contributed by atoms with Gasteiger partial charge in [-0.3, -0.25) is 0 Å². The molecule has 0 amide bonds. The fourth-order valence-corrected chi connectivity index (χ4v) is 2.90. The molecule has 1 atom stereocenters. The molecule has 1 heteroatoms. The second kappa shape index (κ2) is 6.94. The zero-order valence-electron chi connectivity index (χ0n) is 11.9. The van der Waals surface area contributed by atoms with Crippen molar-refractivity contribution < 1.29 is 0 Å². The van der Waals surface area contributed by atoms with Crippen molar-refractivity contribution in [2.45, 2.75) is 58.4 Å². The Morgan fingerprint density at radius 1 is 1.28 bits per heavy atom. The third-order valence-electron chi connectivity index (χ3n) is 4.14. The quantitative estimate of drug-likeness (QED) is 0.747. The Hall–Kier alpha value is -0.820. The molecule has 1 aromatic rings. The van der Waals surface area contributed by atoms with E-state index >= 15 is 0 Å². The van der Waals surface area contributed by atoms with Crippen molar-refractivity contribution in [2.24, 2.45) is 5.92 Å². The topological polar surface area (TPSA) is 12.0 Å². The third-order valence-corrected chi connectivity index (χ3v) is 4.14. The summed E-state index contributed by atoms with van der Waals surface area (Å²) in [5.74, 6) is 0.962. The van der Waals surface area contributed by atoms with Crippen LogP contribution in [0.5, 0.6) is 0 Å². The smallest absolute Gasteiger partial charge is 0.0322 e. The number of hydrogen-bond donors (Lipinski definition) is 1. The molecule has 18 heavy (non-hydrogen) atoms. The summed E-state index contributed by atoms with van der Waals surface area (Å²) < 4.78 is 0. The molecule has 0 aromatic heterocycles. The second-order valence-electron chi connectivity index (χ2n) is 5.64. The molecule has 1 saturated carbocycles. The van der Waals surface area contributed by atoms with Gasteiger partial charge in [0.1, 0.15) is 0 Å². The summed E-state index contributed by atoms with van der Waals surface area (Å²) in [4.78, 5) is 0. The van der Waals surface area contributed by atoms with E-state index in [0.29, 0.717) is 6.04 Å². The van der Waals surface area contributed by atoms with Crippen LogP contribution in [0.3, 0.4) is 0 Å². The number of benzene rings is 1. The van der Waals surface area contributed by atoms with Crippen LogP contribution in [0.1, 0.15) is 63.1 Å². The molecular weight excluding hydrogens is 218 g/mol. The van der Waals surface area contributed by atoms with Crippen LogP contribution in [0.15, 0.2) is 24.3 Å². The first kappa shape index (κ1) is 13.6. The molecule has 1 N–H and O–H groups in total. The van der Waals surface area contributed by atoms with Gasteiger partial charge in [-0.15, -0.1) is 0 Å². The monoisotopic (exact) mass is 245 g/mol. The Morgan fingerprint density at radius 3 is 2.72 bits per heavy atom. The van der Waals surface area contributed by atoms with Crippen LogP contribution >= 0.6 is 0 Å². The lowest BCUT2D eigenvalue weighted by atomic mass is 9.79. The first-order valence-corrected chi connectivity index (χ1v) is 7.65. The average Bonchev–Trinajstić information content (AvgIpc) is 2.33. The van der Waals surface area contributed by atoms with Gasteiger partial charge < -0.3 is 5.32 Å². The maximum absolute atomic E-state index is 3.67. The van der Waals surface area contributed by atoms with Gasteiger partial charge in [-0.05, 0) is 36.4 Å². The standard InChI is InChI=1S/C17H27N/c1-3-7-14-10-6-11-16(12-14)17(18-4-2)13-15-8-5-9-15/h6,10-12,15,17-18H,3-5,7-9,13H2,1-2H3. The highest BCUT2D eigenvalue weighted by Gasteiger charge is 2.22. The minimum atomic E-state index is 0.567. The molecule has 0 aliphatic heterocycles. The van der Waals surface area contributed by atoms with Crippen LogP contribution in [0.25, 0.3) is 0 Å². The third kappa shape index (κ3) is 3.58. The molecule has 100 valence electrons. The van der Waals surface area contributed by atoms with Gasteiger partial charge >= 0.3 is 0 Å². The second-order valence-corrected chi connectivity index (χ2v) is 5.64. The molecule has 1 aliphatic rings. The van der Waals surface area contributed by atoms with Crippen molar-refractivity contribution >= 4 is 0 Å². The predicted octanol–water partition coefficient (Wildman–Crippen LogP) is 4.48. The zero-order valence-corrected chi connectivity index (χ0v) is 11.9. The van der Waals surface area contributed by atoms with Gasteiger partial charge in [0.2, 0.25) is 0 Å². The first-order chi connectivity index (χ1) is 8.83. The molecule has 1 nitrogen and oxygen atoms in total. The van der Waals surface area contributed by atoms with E-state index in [1.165, 1.54) is 49.7 Å². The molecular formula is C17H27N. The maximum Gasteiger partial charge on any atom is 0.0322 e. The summed E-state index contributed by atoms with van der Waals surface area (Å²) in [5, 5.41) is 3.67. The Bertz CT molecular complexity index is 354. The summed E-state index contributed by atoms with van der Waals surface area (Å²) in [6, 6.07) is 9.77. The molecule has 1 aliphatic carbocycles. The van der Waals surface area contributed by atoms with E-state index in [-0.39, 0.29) is 0 Å². The van der Waals surface area contributed by atoms with Crippen molar-refractivity contribution in [1.29, 1.82) is 0 Å². The fraction of sp³-hybridized carbons (Fsp3) is 0.647. The minimum absolute atomic E-state index is 0.567. The van der Waals surface area contributed by atoms with Crippen LogP contribution in [0.2, 0.25) is 0 Å². The van der Waals surface area contributed by atoms with Gasteiger partial charge in [0.25, 0.3) is 0 Å². The van der Waals surface area contributed by atoms with Gasteiger partial charge in [0, 0.05) is 6.04 Å². The van der Waals surface area contributed by atoms with Crippen molar-refractivity contribution in [3.63, 3.8) is 0 Å². The van der Waals surface area contributed by atoms with Crippen LogP contribution < -0.4 is 5.32 Å². The fourth-order valence-electron chi connectivity index (χ4n) is 2.90. The van der Waals surface area contributed by atoms with E-state index < -0.39 is 0 Å². The number of nitrogens with one attached hydrogen (secondary N) is 1.